The summed E-state index contributed by atoms with van der Waals surface area (Å²) in [6.07, 6.45) is 0. The van der Waals surface area contributed by atoms with Gasteiger partial charge in [0.1, 0.15) is 17.5 Å². The first kappa shape index (κ1) is 26.6. The first-order chi connectivity index (χ1) is 18.3. The summed E-state index contributed by atoms with van der Waals surface area (Å²) in [6, 6.07) is 17.1. The van der Waals surface area contributed by atoms with Crippen LogP contribution in [0.1, 0.15) is 0 Å². The zero-order valence-corrected chi connectivity index (χ0v) is 21.4. The fourth-order valence-electron chi connectivity index (χ4n) is 3.57. The Morgan fingerprint density at radius 1 is 0.974 bits per heavy atom. The quantitative estimate of drug-likeness (QED) is 0.189. The second kappa shape index (κ2) is 11.7. The van der Waals surface area contributed by atoms with Crippen LogP contribution in [0.4, 0.5) is 28.7 Å². The molecule has 1 atom stereocenters. The van der Waals surface area contributed by atoms with Crippen molar-refractivity contribution in [3.8, 4) is 11.5 Å². The topological polar surface area (TPSA) is 169 Å². The number of aliphatic hydroxyl groups is 1. The van der Waals surface area contributed by atoms with E-state index in [-0.39, 0.29) is 23.0 Å². The molecule has 0 saturated carbocycles. The van der Waals surface area contributed by atoms with Crippen LogP contribution in [0.3, 0.4) is 0 Å². The molecule has 0 unspecified atom stereocenters. The van der Waals surface area contributed by atoms with Crippen LogP contribution in [-0.2, 0) is 15.7 Å². The number of thiol groups is 1. The highest BCUT2D eigenvalue weighted by atomic mass is 32.2. The Hall–Kier alpha value is -4.46. The Bertz CT molecular complexity index is 1520. The Labute approximate surface area is 220 Å². The third kappa shape index (κ3) is 5.91. The number of rotatable bonds is 10. The molecule has 38 heavy (non-hydrogen) atoms. The summed E-state index contributed by atoms with van der Waals surface area (Å²) >= 11 is 0. The zero-order valence-electron chi connectivity index (χ0n) is 20.5. The standard InChI is InChI=1S/C25H26N6O6S/c1-36-18-11-16(12-19(13-18)37-2)27-23-24(30-22-9-4-3-8-21(22)29-23)31(38(34)35)17-7-5-6-15(10-17)28-25(33)20(26)14-32/h3-13,20,32,38H,14,26H2,1-2H3,(H,27,29)(H,28,33)/t20-/m1/s1. The van der Waals surface area contributed by atoms with Gasteiger partial charge in [-0.3, -0.25) is 4.79 Å². The van der Waals surface area contributed by atoms with Crippen LogP contribution in [0.5, 0.6) is 11.5 Å². The number of anilines is 5. The predicted molar refractivity (Wildman–Crippen MR) is 145 cm³/mol. The molecule has 0 aliphatic heterocycles. The monoisotopic (exact) mass is 538 g/mol. The maximum Gasteiger partial charge on any atom is 0.243 e. The molecule has 13 heteroatoms. The highest BCUT2D eigenvalue weighted by molar-refractivity contribution is 7.74. The number of para-hydroxylation sites is 2. The first-order valence-electron chi connectivity index (χ1n) is 11.3. The van der Waals surface area contributed by atoms with Crippen LogP contribution in [0, 0.1) is 0 Å². The van der Waals surface area contributed by atoms with Crippen molar-refractivity contribution in [1.29, 1.82) is 0 Å². The molecule has 1 amide bonds. The number of ether oxygens (including phenoxy) is 2. The van der Waals surface area contributed by atoms with E-state index in [2.05, 4.69) is 20.6 Å². The average Bonchev–Trinajstić information content (AvgIpc) is 2.92. The van der Waals surface area contributed by atoms with Gasteiger partial charge in [0.05, 0.1) is 37.5 Å². The lowest BCUT2D eigenvalue weighted by molar-refractivity contribution is -0.118. The molecule has 4 aromatic rings. The van der Waals surface area contributed by atoms with E-state index in [1.807, 2.05) is 0 Å². The normalized spacial score (nSPS) is 11.7. The van der Waals surface area contributed by atoms with E-state index >= 15 is 0 Å². The Kier molecular flexibility index (Phi) is 8.21. The van der Waals surface area contributed by atoms with Gasteiger partial charge in [0.15, 0.2) is 11.6 Å². The van der Waals surface area contributed by atoms with Crippen LogP contribution in [-0.4, -0.2) is 56.3 Å². The van der Waals surface area contributed by atoms with E-state index in [0.717, 1.165) is 4.31 Å². The minimum Gasteiger partial charge on any atom is -0.497 e. The molecule has 5 N–H and O–H groups in total. The fraction of sp³-hybridized carbons (Fsp3) is 0.160. The number of nitrogens with zero attached hydrogens (tertiary/aromatic N) is 3. The van der Waals surface area contributed by atoms with Crippen molar-refractivity contribution >= 4 is 56.5 Å². The van der Waals surface area contributed by atoms with Gasteiger partial charge < -0.3 is 30.9 Å². The number of amides is 1. The second-order valence-electron chi connectivity index (χ2n) is 7.99. The first-order valence-corrected chi connectivity index (χ1v) is 12.4. The number of hydrogen-bond donors (Lipinski definition) is 5. The fourth-order valence-corrected chi connectivity index (χ4v) is 4.17. The van der Waals surface area contributed by atoms with Crippen molar-refractivity contribution < 1.29 is 27.8 Å². The number of aromatic nitrogens is 2. The van der Waals surface area contributed by atoms with Crippen molar-refractivity contribution in [2.75, 3.05) is 35.8 Å². The van der Waals surface area contributed by atoms with E-state index in [1.54, 1.807) is 60.7 Å². The van der Waals surface area contributed by atoms with Gasteiger partial charge in [0.2, 0.25) is 16.8 Å². The summed E-state index contributed by atoms with van der Waals surface area (Å²) < 4.78 is 36.9. The Morgan fingerprint density at radius 3 is 2.24 bits per heavy atom. The van der Waals surface area contributed by atoms with Crippen LogP contribution >= 0.6 is 0 Å². The molecular formula is C25H26N6O6S. The highest BCUT2D eigenvalue weighted by Gasteiger charge is 2.22. The van der Waals surface area contributed by atoms with E-state index in [9.17, 15) is 13.2 Å². The third-order valence-corrected chi connectivity index (χ3v) is 6.17. The van der Waals surface area contributed by atoms with Gasteiger partial charge in [-0.05, 0) is 30.3 Å². The molecule has 0 bridgehead atoms. The van der Waals surface area contributed by atoms with Crippen molar-refractivity contribution in [3.05, 3.63) is 66.7 Å². The number of carbonyl (C=O) groups is 1. The molecule has 198 valence electrons. The minimum atomic E-state index is -3.27. The van der Waals surface area contributed by atoms with Crippen LogP contribution in [0.2, 0.25) is 0 Å². The van der Waals surface area contributed by atoms with E-state index in [0.29, 0.717) is 28.2 Å². The number of methoxy groups -OCH3 is 2. The number of fused-ring (bicyclic) bond motifs is 1. The SMILES string of the molecule is COc1cc(Nc2nc3ccccc3nc2N(c2cccc(NC(=O)[C@H](N)CO)c2)[SH](=O)=O)cc(OC)c1. The lowest BCUT2D eigenvalue weighted by Gasteiger charge is -2.21. The average molecular weight is 539 g/mol. The smallest absolute Gasteiger partial charge is 0.243 e. The van der Waals surface area contributed by atoms with Crippen LogP contribution in [0.15, 0.2) is 66.7 Å². The highest BCUT2D eigenvalue weighted by Crippen LogP contribution is 2.35. The van der Waals surface area contributed by atoms with Gasteiger partial charge in [-0.1, -0.05) is 18.2 Å². The van der Waals surface area contributed by atoms with Crippen molar-refractivity contribution in [1.82, 2.24) is 9.97 Å². The molecular weight excluding hydrogens is 512 g/mol. The van der Waals surface area contributed by atoms with Gasteiger partial charge >= 0.3 is 0 Å². The molecule has 4 rings (SSSR count). The maximum atomic E-state index is 12.6. The molecule has 3 aromatic carbocycles. The van der Waals surface area contributed by atoms with E-state index in [4.69, 9.17) is 20.3 Å². The van der Waals surface area contributed by atoms with Gasteiger partial charge in [0.25, 0.3) is 0 Å². The summed E-state index contributed by atoms with van der Waals surface area (Å²) in [5.41, 5.74) is 7.56. The molecule has 0 saturated heterocycles. The molecule has 12 nitrogen and oxygen atoms in total. The lowest BCUT2D eigenvalue weighted by atomic mass is 10.2. The lowest BCUT2D eigenvalue weighted by Crippen LogP contribution is -2.38. The van der Waals surface area contributed by atoms with E-state index < -0.39 is 29.4 Å². The van der Waals surface area contributed by atoms with Crippen LogP contribution < -0.4 is 30.1 Å². The predicted octanol–water partition coefficient (Wildman–Crippen LogP) is 2.31. The molecule has 0 fully saturated rings. The van der Waals surface area contributed by atoms with Gasteiger partial charge in [0, 0.05) is 29.6 Å². The van der Waals surface area contributed by atoms with Crippen molar-refractivity contribution in [3.63, 3.8) is 0 Å². The summed E-state index contributed by atoms with van der Waals surface area (Å²) in [7, 11) is -0.232. The number of carbonyl (C=O) groups excluding carboxylic acids is 1. The maximum absolute atomic E-state index is 12.6. The van der Waals surface area contributed by atoms with Gasteiger partial charge in [-0.15, -0.1) is 0 Å². The summed E-state index contributed by atoms with van der Waals surface area (Å²) in [5, 5.41) is 14.8. The number of hydrogen-bond acceptors (Lipinski definition) is 10. The number of benzene rings is 3. The molecule has 1 aromatic heterocycles. The Balaban J connectivity index is 1.83. The molecule has 0 aliphatic rings. The van der Waals surface area contributed by atoms with E-state index in [1.165, 1.54) is 20.3 Å². The van der Waals surface area contributed by atoms with Crippen molar-refractivity contribution in [2.45, 2.75) is 6.04 Å². The third-order valence-electron chi connectivity index (χ3n) is 5.42. The van der Waals surface area contributed by atoms with Crippen LogP contribution in [0.25, 0.3) is 11.0 Å². The molecule has 0 aliphatic carbocycles. The summed E-state index contributed by atoms with van der Waals surface area (Å²) in [4.78, 5) is 21.4. The van der Waals surface area contributed by atoms with Gasteiger partial charge in [-0.2, -0.15) is 0 Å². The summed E-state index contributed by atoms with van der Waals surface area (Å²) in [5.74, 6) is 0.548. The molecule has 1 heterocycles. The zero-order chi connectivity index (χ0) is 27.2. The largest absolute Gasteiger partial charge is 0.497 e. The summed E-state index contributed by atoms with van der Waals surface area (Å²) in [6.45, 7) is -0.541. The molecule has 0 spiro atoms. The Morgan fingerprint density at radius 2 is 1.63 bits per heavy atom. The van der Waals surface area contributed by atoms with Crippen molar-refractivity contribution in [2.24, 2.45) is 5.73 Å². The van der Waals surface area contributed by atoms with Gasteiger partial charge in [-0.25, -0.2) is 22.7 Å². The second-order valence-corrected chi connectivity index (χ2v) is 8.86. The number of nitrogens with one attached hydrogen (secondary N) is 2. The number of aliphatic hydroxyl groups excluding tert-OH is 1. The minimum absolute atomic E-state index is 0.00265. The number of nitrogens with two attached hydrogens (primary N) is 1. The molecule has 0 radical (unpaired) electrons.